The first-order valence-corrected chi connectivity index (χ1v) is 26.8. The third kappa shape index (κ3) is 11.1. The highest BCUT2D eigenvalue weighted by Gasteiger charge is 2.40. The highest BCUT2D eigenvalue weighted by atomic mass is 19.4. The number of alkyl halides is 18. The van der Waals surface area contributed by atoms with Crippen molar-refractivity contribution in [1.82, 2.24) is 9.13 Å². The van der Waals surface area contributed by atoms with E-state index in [1.807, 2.05) is 0 Å². The van der Waals surface area contributed by atoms with E-state index in [0.717, 1.165) is 54.6 Å². The van der Waals surface area contributed by atoms with Gasteiger partial charge in [0.15, 0.2) is 5.69 Å². The summed E-state index contributed by atoms with van der Waals surface area (Å²) in [6, 6.07) is 26.4. The summed E-state index contributed by atoms with van der Waals surface area (Å²) in [5, 5.41) is 9.53. The SMILES string of the molecule is [C-]#[N+]c1cc(-n2c3ccc(-c4ccc(C(F)(F)F)cc4F)cc3c3cc(-c4ccc(C(F)(F)F)cc4C(F)(F)F)ccc32)c(-n2c3ccc(-c4ccc(C(F)(F)F)cc4F)cc3c3cc(-c4ccc(C(F)(F)F)cc4F)ccc32)cc1-c1ccc(C#N)cc1C(F)(F)F. The van der Waals surface area contributed by atoms with Gasteiger partial charge >= 0.3 is 37.1 Å². The maximum Gasteiger partial charge on any atom is 0.417 e. The van der Waals surface area contributed by atoms with Gasteiger partial charge in [0.2, 0.25) is 0 Å². The Bertz CT molecular complexity index is 5070. The normalized spacial score (nSPS) is 12.8. The minimum atomic E-state index is -5.44. The van der Waals surface area contributed by atoms with Gasteiger partial charge in [-0.05, 0) is 160 Å². The highest BCUT2D eigenvalue weighted by molar-refractivity contribution is 6.14. The molecule has 0 atom stereocenters. The van der Waals surface area contributed by atoms with Crippen LogP contribution in [0, 0.1) is 35.4 Å². The van der Waals surface area contributed by atoms with E-state index in [2.05, 4.69) is 4.85 Å². The second kappa shape index (κ2) is 21.7. The van der Waals surface area contributed by atoms with Crippen molar-refractivity contribution in [2.24, 2.45) is 0 Å². The molecule has 25 heteroatoms. The van der Waals surface area contributed by atoms with Crippen LogP contribution in [0.15, 0.2) is 176 Å². The van der Waals surface area contributed by atoms with E-state index < -0.39 is 138 Å². The molecule has 2 heterocycles. The van der Waals surface area contributed by atoms with E-state index in [0.29, 0.717) is 36.4 Å². The van der Waals surface area contributed by atoms with Crippen LogP contribution in [0.4, 0.5) is 97.9 Å². The predicted molar refractivity (Wildman–Crippen MR) is 303 cm³/mol. The fourth-order valence-corrected chi connectivity index (χ4v) is 11.5. The zero-order valence-corrected chi connectivity index (χ0v) is 46.0. The number of aromatic nitrogens is 2. The van der Waals surface area contributed by atoms with Crippen LogP contribution in [0.5, 0.6) is 0 Å². The highest BCUT2D eigenvalue weighted by Crippen LogP contribution is 2.50. The minimum Gasteiger partial charge on any atom is -0.308 e. The number of halogens is 21. The quantitative estimate of drug-likeness (QED) is 0.116. The van der Waals surface area contributed by atoms with Crippen molar-refractivity contribution in [2.45, 2.75) is 37.1 Å². The molecule has 4 nitrogen and oxygen atoms in total. The van der Waals surface area contributed by atoms with Crippen molar-refractivity contribution in [3.05, 3.63) is 244 Å². The standard InChI is InChI=1S/C68H29F21N4/c1-91-56-30-62(93-59-16-3-33(41-12-7-37(63(72,73)74)25-52(41)68(87,88)89)21-47(59)48-22-36(6-19-60(48)93)44-15-10-40(28-55(44)71)66(81,82)83)61(29-46(56)45-11-2-32(31-90)20-51(45)67(84,85)86)92-57-17-4-34(42-13-8-38(26-53(42)69)64(75,76)77)23-49(57)50-24-35(5-18-58(50)92)43-14-9-39(27-54(43)70)65(78,79)80/h2-30H. The molecule has 0 spiro atoms. The lowest BCUT2D eigenvalue weighted by atomic mass is 9.94. The molecule has 0 bridgehead atoms. The maximum absolute atomic E-state index is 16.0. The molecule has 468 valence electrons. The van der Waals surface area contributed by atoms with E-state index in [1.54, 1.807) is 6.07 Å². The van der Waals surface area contributed by atoms with Crippen LogP contribution >= 0.6 is 0 Å². The van der Waals surface area contributed by atoms with Crippen molar-refractivity contribution in [3.63, 3.8) is 0 Å². The molecule has 93 heavy (non-hydrogen) atoms. The van der Waals surface area contributed by atoms with Gasteiger partial charge in [0.1, 0.15) is 17.5 Å². The summed E-state index contributed by atoms with van der Waals surface area (Å²) in [4.78, 5) is 3.61. The molecular formula is C68H29F21N4. The number of hydrogen-bond donors (Lipinski definition) is 0. The van der Waals surface area contributed by atoms with Gasteiger partial charge in [0, 0.05) is 38.2 Å². The summed E-state index contributed by atoms with van der Waals surface area (Å²) in [6.45, 7) is 8.50. The monoisotopic (exact) mass is 1300 g/mol. The summed E-state index contributed by atoms with van der Waals surface area (Å²) in [7, 11) is 0. The van der Waals surface area contributed by atoms with Crippen molar-refractivity contribution < 1.29 is 92.2 Å². The number of rotatable bonds is 7. The van der Waals surface area contributed by atoms with Crippen molar-refractivity contribution in [2.75, 3.05) is 0 Å². The second-order valence-corrected chi connectivity index (χ2v) is 21.3. The first-order chi connectivity index (χ1) is 43.5. The molecule has 0 aliphatic heterocycles. The fraction of sp³-hybridized carbons (Fsp3) is 0.0882. The Balaban J connectivity index is 1.22. The van der Waals surface area contributed by atoms with E-state index in [9.17, 15) is 71.1 Å². The Morgan fingerprint density at radius 2 is 0.624 bits per heavy atom. The van der Waals surface area contributed by atoms with Gasteiger partial charge in [-0.1, -0.05) is 54.6 Å². The van der Waals surface area contributed by atoms with Crippen LogP contribution in [0.1, 0.15) is 38.9 Å². The van der Waals surface area contributed by atoms with Crippen molar-refractivity contribution in [1.29, 1.82) is 5.26 Å². The maximum atomic E-state index is 16.0. The smallest absolute Gasteiger partial charge is 0.308 e. The Labute approximate surface area is 508 Å². The Morgan fingerprint density at radius 1 is 0.312 bits per heavy atom. The third-order valence-electron chi connectivity index (χ3n) is 15.8. The fourth-order valence-electron chi connectivity index (χ4n) is 11.5. The largest absolute Gasteiger partial charge is 0.417 e. The molecule has 0 aliphatic rings. The van der Waals surface area contributed by atoms with Gasteiger partial charge < -0.3 is 9.13 Å². The number of hydrogen-bond acceptors (Lipinski definition) is 1. The molecule has 0 amide bonds. The minimum absolute atomic E-state index is 0.000776. The van der Waals surface area contributed by atoms with Gasteiger partial charge in [0.25, 0.3) is 0 Å². The number of nitrogens with zero attached hydrogens (tertiary/aromatic N) is 4. The number of benzene rings is 10. The summed E-state index contributed by atoms with van der Waals surface area (Å²) < 4.78 is 308. The van der Waals surface area contributed by atoms with Crippen LogP contribution in [-0.4, -0.2) is 9.13 Å². The summed E-state index contributed by atoms with van der Waals surface area (Å²) in [5.74, 6) is -4.16. The molecule has 0 unspecified atom stereocenters. The predicted octanol–water partition coefficient (Wildman–Crippen LogP) is 23.2. The van der Waals surface area contributed by atoms with Gasteiger partial charge in [-0.25, -0.2) is 18.0 Å². The van der Waals surface area contributed by atoms with Crippen molar-refractivity contribution >= 4 is 49.3 Å². The Kier molecular flexibility index (Phi) is 14.6. The van der Waals surface area contributed by atoms with Crippen LogP contribution in [0.2, 0.25) is 0 Å². The Morgan fingerprint density at radius 3 is 0.946 bits per heavy atom. The molecule has 0 fully saturated rings. The lowest BCUT2D eigenvalue weighted by molar-refractivity contribution is -0.143. The van der Waals surface area contributed by atoms with Crippen LogP contribution in [-0.2, 0) is 37.1 Å². The molecule has 2 aromatic heterocycles. The number of fused-ring (bicyclic) bond motifs is 6. The molecule has 0 saturated carbocycles. The topological polar surface area (TPSA) is 38.0 Å². The number of nitriles is 1. The third-order valence-corrected chi connectivity index (χ3v) is 15.8. The first-order valence-electron chi connectivity index (χ1n) is 26.8. The molecule has 12 rings (SSSR count). The molecule has 0 N–H and O–H groups in total. The zero-order chi connectivity index (χ0) is 67.0. The molecule has 0 saturated heterocycles. The lowest BCUT2D eigenvalue weighted by Gasteiger charge is -2.21. The van der Waals surface area contributed by atoms with E-state index in [1.165, 1.54) is 69.8 Å². The average Bonchev–Trinajstić information content (AvgIpc) is 1.60. The molecule has 0 aliphatic carbocycles. The van der Waals surface area contributed by atoms with E-state index >= 15 is 26.3 Å². The summed E-state index contributed by atoms with van der Waals surface area (Å²) in [6.07, 6.45) is -31.0. The second-order valence-electron chi connectivity index (χ2n) is 21.3. The van der Waals surface area contributed by atoms with Crippen LogP contribution in [0.3, 0.4) is 0 Å². The molecular weight excluding hydrogens is 1270 g/mol. The van der Waals surface area contributed by atoms with Gasteiger partial charge in [-0.2, -0.15) is 84.3 Å². The van der Waals surface area contributed by atoms with Crippen molar-refractivity contribution in [3.8, 4) is 73.1 Å². The van der Waals surface area contributed by atoms with E-state index in [-0.39, 0.29) is 95.9 Å². The molecule has 0 radical (unpaired) electrons. The average molecular weight is 1300 g/mol. The molecule has 12 aromatic rings. The van der Waals surface area contributed by atoms with E-state index in [4.69, 9.17) is 6.57 Å². The molecule has 10 aromatic carbocycles. The summed E-state index contributed by atoms with van der Waals surface area (Å²) >= 11 is 0. The van der Waals surface area contributed by atoms with Gasteiger partial charge in [-0.3, -0.25) is 0 Å². The van der Waals surface area contributed by atoms with Gasteiger partial charge in [-0.15, -0.1) is 0 Å². The first kappa shape index (κ1) is 62.5. The Hall–Kier alpha value is -10.7. The summed E-state index contributed by atoms with van der Waals surface area (Å²) in [5.41, 5.74) is -14.8. The van der Waals surface area contributed by atoms with Gasteiger partial charge in [0.05, 0.1) is 85.0 Å². The zero-order valence-electron chi connectivity index (χ0n) is 46.0. The van der Waals surface area contributed by atoms with Crippen LogP contribution in [0.25, 0.3) is 115 Å². The van der Waals surface area contributed by atoms with Crippen LogP contribution < -0.4 is 0 Å². The lowest BCUT2D eigenvalue weighted by Crippen LogP contribution is -2.12.